The van der Waals surface area contributed by atoms with Crippen LogP contribution in [0.2, 0.25) is 0 Å². The van der Waals surface area contributed by atoms with Gasteiger partial charge in [0.1, 0.15) is 0 Å². The molecule has 100 valence electrons. The number of aryl methyl sites for hydroxylation is 2. The van der Waals surface area contributed by atoms with Gasteiger partial charge in [-0.2, -0.15) is 0 Å². The van der Waals surface area contributed by atoms with Gasteiger partial charge < -0.3 is 5.32 Å². The average molecular weight is 253 g/mol. The molecule has 2 aromatic carbocycles. The van der Waals surface area contributed by atoms with Crippen molar-refractivity contribution in [2.45, 2.75) is 39.5 Å². The number of hydrogen-bond donors (Lipinski definition) is 1. The molecule has 0 amide bonds. The second kappa shape index (κ2) is 6.98. The van der Waals surface area contributed by atoms with Crippen molar-refractivity contribution >= 4 is 11.4 Å². The molecule has 19 heavy (non-hydrogen) atoms. The summed E-state index contributed by atoms with van der Waals surface area (Å²) in [4.78, 5) is 0. The van der Waals surface area contributed by atoms with Crippen LogP contribution >= 0.6 is 0 Å². The third-order valence-electron chi connectivity index (χ3n) is 3.32. The molecule has 0 saturated heterocycles. The molecule has 1 heteroatoms. The summed E-state index contributed by atoms with van der Waals surface area (Å²) in [7, 11) is 0. The molecule has 0 aliphatic rings. The highest BCUT2D eigenvalue weighted by Gasteiger charge is 2.07. The second-order valence-electron chi connectivity index (χ2n) is 4.94. The van der Waals surface area contributed by atoms with Crippen molar-refractivity contribution in [3.05, 3.63) is 59.7 Å². The monoisotopic (exact) mass is 253 g/mol. The van der Waals surface area contributed by atoms with Gasteiger partial charge in [-0.25, -0.2) is 0 Å². The summed E-state index contributed by atoms with van der Waals surface area (Å²) in [5, 5.41) is 3.61. The number of hydrogen-bond acceptors (Lipinski definition) is 1. The van der Waals surface area contributed by atoms with E-state index >= 15 is 0 Å². The predicted octanol–water partition coefficient (Wildman–Crippen LogP) is 5.34. The van der Waals surface area contributed by atoms with Crippen LogP contribution in [0.3, 0.4) is 0 Å². The summed E-state index contributed by atoms with van der Waals surface area (Å²) in [5.41, 5.74) is 5.34. The first-order valence-electron chi connectivity index (χ1n) is 7.28. The molecule has 0 aromatic heterocycles. The quantitative estimate of drug-likeness (QED) is 0.733. The molecule has 2 rings (SSSR count). The SMILES string of the molecule is CCCc1cccc(CCC)c1Nc1ccccc1. The van der Waals surface area contributed by atoms with E-state index in [1.165, 1.54) is 35.3 Å². The molecule has 1 nitrogen and oxygen atoms in total. The molecule has 2 aromatic rings. The highest BCUT2D eigenvalue weighted by Crippen LogP contribution is 2.27. The zero-order valence-corrected chi connectivity index (χ0v) is 11.9. The molecule has 0 fully saturated rings. The van der Waals surface area contributed by atoms with Crippen molar-refractivity contribution < 1.29 is 0 Å². The van der Waals surface area contributed by atoms with E-state index in [9.17, 15) is 0 Å². The van der Waals surface area contributed by atoms with Crippen LogP contribution in [-0.4, -0.2) is 0 Å². The topological polar surface area (TPSA) is 12.0 Å². The fourth-order valence-electron chi connectivity index (χ4n) is 2.44. The van der Waals surface area contributed by atoms with E-state index in [0.717, 1.165) is 12.8 Å². The highest BCUT2D eigenvalue weighted by molar-refractivity contribution is 5.67. The lowest BCUT2D eigenvalue weighted by molar-refractivity contribution is 0.898. The maximum Gasteiger partial charge on any atom is 0.0449 e. The second-order valence-corrected chi connectivity index (χ2v) is 4.94. The van der Waals surface area contributed by atoms with Gasteiger partial charge in [0.25, 0.3) is 0 Å². The van der Waals surface area contributed by atoms with Crippen LogP contribution in [0.15, 0.2) is 48.5 Å². The van der Waals surface area contributed by atoms with Crippen molar-refractivity contribution in [1.29, 1.82) is 0 Å². The van der Waals surface area contributed by atoms with Crippen LogP contribution in [-0.2, 0) is 12.8 Å². The minimum atomic E-state index is 1.13. The van der Waals surface area contributed by atoms with E-state index in [1.807, 2.05) is 0 Å². The molecule has 0 saturated carbocycles. The fraction of sp³-hybridized carbons (Fsp3) is 0.333. The first-order valence-corrected chi connectivity index (χ1v) is 7.28. The highest BCUT2D eigenvalue weighted by atomic mass is 14.9. The smallest absolute Gasteiger partial charge is 0.0449 e. The molecule has 0 atom stereocenters. The lowest BCUT2D eigenvalue weighted by atomic mass is 10.00. The summed E-state index contributed by atoms with van der Waals surface area (Å²) in [6.07, 6.45) is 4.62. The Morgan fingerprint density at radius 2 is 1.32 bits per heavy atom. The fourth-order valence-corrected chi connectivity index (χ4v) is 2.44. The van der Waals surface area contributed by atoms with Crippen molar-refractivity contribution in [3.63, 3.8) is 0 Å². The van der Waals surface area contributed by atoms with Gasteiger partial charge in [0.05, 0.1) is 0 Å². The third-order valence-corrected chi connectivity index (χ3v) is 3.32. The standard InChI is InChI=1S/C18H23N/c1-3-9-15-11-8-12-16(10-4-2)18(15)19-17-13-6-5-7-14-17/h5-8,11-14,19H,3-4,9-10H2,1-2H3. The van der Waals surface area contributed by atoms with Gasteiger partial charge in [0.2, 0.25) is 0 Å². The molecule has 0 spiro atoms. The Hall–Kier alpha value is -1.76. The number of anilines is 2. The Bertz CT molecular complexity index is 478. The van der Waals surface area contributed by atoms with Crippen molar-refractivity contribution in [1.82, 2.24) is 0 Å². The van der Waals surface area contributed by atoms with E-state index in [0.29, 0.717) is 0 Å². The Balaban J connectivity index is 2.34. The maximum atomic E-state index is 3.61. The lowest BCUT2D eigenvalue weighted by Gasteiger charge is -2.16. The molecule has 0 bridgehead atoms. The maximum absolute atomic E-state index is 3.61. The third kappa shape index (κ3) is 3.60. The molecular weight excluding hydrogens is 230 g/mol. The van der Waals surface area contributed by atoms with Crippen molar-refractivity contribution in [3.8, 4) is 0 Å². The summed E-state index contributed by atoms with van der Waals surface area (Å²) < 4.78 is 0. The van der Waals surface area contributed by atoms with Gasteiger partial charge in [-0.1, -0.05) is 63.1 Å². The van der Waals surface area contributed by atoms with E-state index in [2.05, 4.69) is 67.7 Å². The van der Waals surface area contributed by atoms with Crippen LogP contribution in [0.4, 0.5) is 11.4 Å². The average Bonchev–Trinajstić information content (AvgIpc) is 2.44. The van der Waals surface area contributed by atoms with Crippen molar-refractivity contribution in [2.24, 2.45) is 0 Å². The summed E-state index contributed by atoms with van der Waals surface area (Å²) in [6, 6.07) is 17.1. The number of para-hydroxylation sites is 2. The number of nitrogens with one attached hydrogen (secondary N) is 1. The van der Waals surface area contributed by atoms with Gasteiger partial charge >= 0.3 is 0 Å². The lowest BCUT2D eigenvalue weighted by Crippen LogP contribution is -2.01. The van der Waals surface area contributed by atoms with Crippen molar-refractivity contribution in [2.75, 3.05) is 5.32 Å². The summed E-state index contributed by atoms with van der Waals surface area (Å²) in [6.45, 7) is 4.47. The van der Waals surface area contributed by atoms with E-state index < -0.39 is 0 Å². The molecule has 0 aliphatic heterocycles. The van der Waals surface area contributed by atoms with Crippen LogP contribution in [0, 0.1) is 0 Å². The molecular formula is C18H23N. The summed E-state index contributed by atoms with van der Waals surface area (Å²) >= 11 is 0. The van der Waals surface area contributed by atoms with Gasteiger partial charge in [-0.05, 0) is 36.1 Å². The zero-order valence-electron chi connectivity index (χ0n) is 11.9. The summed E-state index contributed by atoms with van der Waals surface area (Å²) in [5.74, 6) is 0. The van der Waals surface area contributed by atoms with E-state index in [-0.39, 0.29) is 0 Å². The molecule has 0 unspecified atom stereocenters. The minimum Gasteiger partial charge on any atom is -0.355 e. The predicted molar refractivity (Wildman–Crippen MR) is 84.2 cm³/mol. The van der Waals surface area contributed by atoms with Gasteiger partial charge in [0.15, 0.2) is 0 Å². The molecule has 0 radical (unpaired) electrons. The number of rotatable bonds is 6. The van der Waals surface area contributed by atoms with Gasteiger partial charge in [-0.15, -0.1) is 0 Å². The van der Waals surface area contributed by atoms with Crippen LogP contribution < -0.4 is 5.32 Å². The van der Waals surface area contributed by atoms with Crippen LogP contribution in [0.25, 0.3) is 0 Å². The minimum absolute atomic E-state index is 1.13. The largest absolute Gasteiger partial charge is 0.355 e. The van der Waals surface area contributed by atoms with E-state index in [1.54, 1.807) is 0 Å². The van der Waals surface area contributed by atoms with Gasteiger partial charge in [-0.3, -0.25) is 0 Å². The Morgan fingerprint density at radius 1 is 0.737 bits per heavy atom. The van der Waals surface area contributed by atoms with Gasteiger partial charge in [0, 0.05) is 11.4 Å². The Kier molecular flexibility index (Phi) is 5.02. The Morgan fingerprint density at radius 3 is 1.84 bits per heavy atom. The van der Waals surface area contributed by atoms with E-state index in [4.69, 9.17) is 0 Å². The molecule has 1 N–H and O–H groups in total. The van der Waals surface area contributed by atoms with Crippen LogP contribution in [0.5, 0.6) is 0 Å². The Labute approximate surface area is 116 Å². The normalized spacial score (nSPS) is 10.4. The molecule has 0 aliphatic carbocycles. The first-order chi connectivity index (χ1) is 9.35. The number of benzene rings is 2. The first kappa shape index (κ1) is 13.7. The molecule has 0 heterocycles. The van der Waals surface area contributed by atoms with Crippen LogP contribution in [0.1, 0.15) is 37.8 Å². The zero-order chi connectivity index (χ0) is 13.5.